The van der Waals surface area contributed by atoms with Gasteiger partial charge in [-0.3, -0.25) is 0 Å². The van der Waals surface area contributed by atoms with E-state index in [1.54, 1.807) is 0 Å². The molecule has 96 valence electrons. The van der Waals surface area contributed by atoms with Crippen LogP contribution in [0, 0.1) is 6.92 Å². The van der Waals surface area contributed by atoms with Gasteiger partial charge in [0.25, 0.3) is 0 Å². The van der Waals surface area contributed by atoms with Crippen molar-refractivity contribution in [3.8, 4) is 0 Å². The lowest BCUT2D eigenvalue weighted by molar-refractivity contribution is -0.136. The van der Waals surface area contributed by atoms with Gasteiger partial charge < -0.3 is 0 Å². The lowest BCUT2D eigenvalue weighted by Gasteiger charge is -2.25. The van der Waals surface area contributed by atoms with Crippen LogP contribution in [-0.4, -0.2) is 6.18 Å². The summed E-state index contributed by atoms with van der Waals surface area (Å²) in [5.74, 6) is 0. The maximum Gasteiger partial charge on any atom is 0.389 e. The fourth-order valence-electron chi connectivity index (χ4n) is 1.88. The Morgan fingerprint density at radius 1 is 0.941 bits per heavy atom. The Kier molecular flexibility index (Phi) is 4.23. The van der Waals surface area contributed by atoms with Crippen molar-refractivity contribution in [3.63, 3.8) is 0 Å². The summed E-state index contributed by atoms with van der Waals surface area (Å²) >= 11 is 0. The molecule has 0 aromatic heterocycles. The molecule has 1 rings (SSSR count). The van der Waals surface area contributed by atoms with Crippen LogP contribution in [-0.2, 0) is 5.41 Å². The van der Waals surface area contributed by atoms with Crippen molar-refractivity contribution in [1.82, 2.24) is 0 Å². The van der Waals surface area contributed by atoms with Gasteiger partial charge in [0.05, 0.1) is 0 Å². The second-order valence-corrected chi connectivity index (χ2v) is 5.22. The van der Waals surface area contributed by atoms with Crippen LogP contribution in [0.15, 0.2) is 24.3 Å². The number of benzene rings is 1. The quantitative estimate of drug-likeness (QED) is 0.698. The SMILES string of the molecule is Cc1ccc(C(C)(C)CCCC(F)(F)F)cc1. The van der Waals surface area contributed by atoms with Crippen molar-refractivity contribution in [3.05, 3.63) is 35.4 Å². The average molecular weight is 244 g/mol. The Morgan fingerprint density at radius 2 is 1.47 bits per heavy atom. The van der Waals surface area contributed by atoms with Crippen molar-refractivity contribution >= 4 is 0 Å². The van der Waals surface area contributed by atoms with E-state index >= 15 is 0 Å². The maximum atomic E-state index is 12.1. The van der Waals surface area contributed by atoms with Gasteiger partial charge in [-0.2, -0.15) is 13.2 Å². The zero-order valence-electron chi connectivity index (χ0n) is 10.6. The van der Waals surface area contributed by atoms with E-state index in [4.69, 9.17) is 0 Å². The summed E-state index contributed by atoms with van der Waals surface area (Å²) in [5, 5.41) is 0. The first-order chi connectivity index (χ1) is 7.71. The van der Waals surface area contributed by atoms with Crippen LogP contribution in [0.2, 0.25) is 0 Å². The molecule has 0 unspecified atom stereocenters. The average Bonchev–Trinajstić information content (AvgIpc) is 2.15. The Labute approximate surface area is 101 Å². The molecule has 0 radical (unpaired) electrons. The molecule has 1 aromatic rings. The third-order valence-electron chi connectivity index (χ3n) is 3.10. The highest BCUT2D eigenvalue weighted by Crippen LogP contribution is 2.31. The van der Waals surface area contributed by atoms with E-state index in [1.807, 2.05) is 45.0 Å². The van der Waals surface area contributed by atoms with Gasteiger partial charge >= 0.3 is 6.18 Å². The van der Waals surface area contributed by atoms with Gasteiger partial charge in [-0.25, -0.2) is 0 Å². The van der Waals surface area contributed by atoms with Crippen LogP contribution in [0.25, 0.3) is 0 Å². The summed E-state index contributed by atoms with van der Waals surface area (Å²) < 4.78 is 36.3. The highest BCUT2D eigenvalue weighted by molar-refractivity contribution is 5.27. The molecular formula is C14H19F3. The van der Waals surface area contributed by atoms with Crippen molar-refractivity contribution in [2.75, 3.05) is 0 Å². The molecule has 0 nitrogen and oxygen atoms in total. The lowest BCUT2D eigenvalue weighted by atomic mass is 9.80. The van der Waals surface area contributed by atoms with Gasteiger partial charge in [0.2, 0.25) is 0 Å². The zero-order chi connectivity index (χ0) is 13.1. The number of hydrogen-bond donors (Lipinski definition) is 0. The fourth-order valence-corrected chi connectivity index (χ4v) is 1.88. The lowest BCUT2D eigenvalue weighted by Crippen LogP contribution is -2.18. The third kappa shape index (κ3) is 4.80. The second-order valence-electron chi connectivity index (χ2n) is 5.22. The molecule has 0 heterocycles. The summed E-state index contributed by atoms with van der Waals surface area (Å²) in [4.78, 5) is 0. The molecule has 0 N–H and O–H groups in total. The van der Waals surface area contributed by atoms with E-state index in [-0.39, 0.29) is 11.8 Å². The van der Waals surface area contributed by atoms with Crippen molar-refractivity contribution in [2.45, 2.75) is 51.6 Å². The number of rotatable bonds is 4. The predicted octanol–water partition coefficient (Wildman–Crippen LogP) is 5.01. The van der Waals surface area contributed by atoms with E-state index in [0.29, 0.717) is 6.42 Å². The molecule has 0 amide bonds. The first-order valence-corrected chi connectivity index (χ1v) is 5.85. The first-order valence-electron chi connectivity index (χ1n) is 5.85. The number of aryl methyl sites for hydroxylation is 1. The monoisotopic (exact) mass is 244 g/mol. The summed E-state index contributed by atoms with van der Waals surface area (Å²) in [6, 6.07) is 8.01. The molecule has 0 aliphatic heterocycles. The molecule has 0 aliphatic carbocycles. The number of alkyl halides is 3. The van der Waals surface area contributed by atoms with Crippen molar-refractivity contribution in [2.24, 2.45) is 0 Å². The Hall–Kier alpha value is -0.990. The predicted molar refractivity (Wildman–Crippen MR) is 64.1 cm³/mol. The van der Waals surface area contributed by atoms with E-state index in [0.717, 1.165) is 5.56 Å². The van der Waals surface area contributed by atoms with Gasteiger partial charge in [0, 0.05) is 6.42 Å². The summed E-state index contributed by atoms with van der Waals surface area (Å²) in [7, 11) is 0. The molecule has 1 aromatic carbocycles. The van der Waals surface area contributed by atoms with Gasteiger partial charge in [0.15, 0.2) is 0 Å². The maximum absolute atomic E-state index is 12.1. The van der Waals surface area contributed by atoms with E-state index < -0.39 is 12.6 Å². The summed E-state index contributed by atoms with van der Waals surface area (Å²) in [6.07, 6.45) is -3.99. The van der Waals surface area contributed by atoms with Crippen LogP contribution in [0.1, 0.15) is 44.2 Å². The molecule has 0 aliphatic rings. The normalized spacial score (nSPS) is 12.8. The van der Waals surface area contributed by atoms with Crippen LogP contribution < -0.4 is 0 Å². The fraction of sp³-hybridized carbons (Fsp3) is 0.571. The van der Waals surface area contributed by atoms with Gasteiger partial charge in [0.1, 0.15) is 0 Å². The topological polar surface area (TPSA) is 0 Å². The van der Waals surface area contributed by atoms with Crippen LogP contribution in [0.5, 0.6) is 0 Å². The third-order valence-corrected chi connectivity index (χ3v) is 3.10. The largest absolute Gasteiger partial charge is 0.389 e. The van der Waals surface area contributed by atoms with Gasteiger partial charge in [-0.15, -0.1) is 0 Å². The molecular weight excluding hydrogens is 225 g/mol. The molecule has 0 fully saturated rings. The summed E-state index contributed by atoms with van der Waals surface area (Å²) in [6.45, 7) is 5.99. The molecule has 0 saturated heterocycles. The Morgan fingerprint density at radius 3 is 1.94 bits per heavy atom. The minimum absolute atomic E-state index is 0.185. The zero-order valence-corrected chi connectivity index (χ0v) is 10.6. The Balaban J connectivity index is 2.59. The summed E-state index contributed by atoms with van der Waals surface area (Å²) in [5.41, 5.74) is 2.07. The van der Waals surface area contributed by atoms with Crippen molar-refractivity contribution in [1.29, 1.82) is 0 Å². The second kappa shape index (κ2) is 5.11. The number of hydrogen-bond acceptors (Lipinski definition) is 0. The molecule has 0 atom stereocenters. The first kappa shape index (κ1) is 14.1. The molecule has 0 saturated carbocycles. The molecule has 17 heavy (non-hydrogen) atoms. The molecule has 0 spiro atoms. The van der Waals surface area contributed by atoms with Gasteiger partial charge in [-0.1, -0.05) is 43.7 Å². The van der Waals surface area contributed by atoms with Crippen LogP contribution in [0.3, 0.4) is 0 Å². The molecule has 0 bridgehead atoms. The van der Waals surface area contributed by atoms with Crippen LogP contribution in [0.4, 0.5) is 13.2 Å². The van der Waals surface area contributed by atoms with Crippen LogP contribution >= 0.6 is 0 Å². The Bertz CT molecular complexity index is 347. The number of halogens is 3. The van der Waals surface area contributed by atoms with E-state index in [1.165, 1.54) is 5.56 Å². The van der Waals surface area contributed by atoms with Gasteiger partial charge in [-0.05, 0) is 30.7 Å². The highest BCUT2D eigenvalue weighted by atomic mass is 19.4. The minimum atomic E-state index is -4.04. The van der Waals surface area contributed by atoms with Crippen molar-refractivity contribution < 1.29 is 13.2 Å². The standard InChI is InChI=1S/C14H19F3/c1-11-5-7-12(8-6-11)13(2,3)9-4-10-14(15,16)17/h5-8H,4,9-10H2,1-3H3. The smallest absolute Gasteiger partial charge is 0.171 e. The highest BCUT2D eigenvalue weighted by Gasteiger charge is 2.28. The minimum Gasteiger partial charge on any atom is -0.171 e. The van der Waals surface area contributed by atoms with E-state index in [2.05, 4.69) is 0 Å². The molecule has 3 heteroatoms. The van der Waals surface area contributed by atoms with E-state index in [9.17, 15) is 13.2 Å².